The molecule has 1 aliphatic heterocycles. The average molecular weight is 262 g/mol. The van der Waals surface area contributed by atoms with Crippen molar-refractivity contribution in [1.29, 1.82) is 0 Å². The van der Waals surface area contributed by atoms with Gasteiger partial charge in [0.25, 0.3) is 0 Å². The van der Waals surface area contributed by atoms with Crippen molar-refractivity contribution in [2.45, 2.75) is 44.4 Å². The molecular formula is C15H22N2O2. The van der Waals surface area contributed by atoms with Gasteiger partial charge in [-0.15, -0.1) is 0 Å². The molecule has 4 heteroatoms. The molecule has 1 aromatic rings. The number of aromatic hydroxyl groups is 1. The van der Waals surface area contributed by atoms with Crippen LogP contribution in [0.5, 0.6) is 5.75 Å². The lowest BCUT2D eigenvalue weighted by atomic mass is 9.90. The molecule has 19 heavy (non-hydrogen) atoms. The van der Waals surface area contributed by atoms with E-state index in [0.29, 0.717) is 23.6 Å². The average Bonchev–Trinajstić information content (AvgIpc) is 2.43. The third-order valence-electron chi connectivity index (χ3n) is 4.32. The lowest BCUT2D eigenvalue weighted by Gasteiger charge is -2.43. The fraction of sp³-hybridized carbons (Fsp3) is 0.600. The van der Waals surface area contributed by atoms with E-state index in [2.05, 4.69) is 4.90 Å². The van der Waals surface area contributed by atoms with Gasteiger partial charge < -0.3 is 15.6 Å². The van der Waals surface area contributed by atoms with Crippen LogP contribution in [0.4, 0.5) is 5.69 Å². The molecular weight excluding hydrogens is 240 g/mol. The van der Waals surface area contributed by atoms with E-state index in [1.165, 1.54) is 25.7 Å². The quantitative estimate of drug-likeness (QED) is 0.633. The van der Waals surface area contributed by atoms with E-state index in [0.717, 1.165) is 25.3 Å². The maximum atomic E-state index is 9.95. The van der Waals surface area contributed by atoms with Gasteiger partial charge in [0.1, 0.15) is 5.75 Å². The molecule has 1 saturated carbocycles. The van der Waals surface area contributed by atoms with E-state index < -0.39 is 0 Å². The van der Waals surface area contributed by atoms with Crippen LogP contribution in [0.3, 0.4) is 0 Å². The first-order chi connectivity index (χ1) is 9.24. The molecule has 0 amide bonds. The number of fused-ring (bicyclic) bond motifs is 1. The Morgan fingerprint density at radius 2 is 2.16 bits per heavy atom. The van der Waals surface area contributed by atoms with Crippen LogP contribution in [-0.4, -0.2) is 35.3 Å². The molecule has 3 rings (SSSR count). The second-order valence-corrected chi connectivity index (χ2v) is 5.62. The number of rotatable bonds is 2. The summed E-state index contributed by atoms with van der Waals surface area (Å²) in [6.07, 6.45) is 5.31. The first-order valence-electron chi connectivity index (χ1n) is 7.17. The maximum Gasteiger partial charge on any atom is 0.120 e. The van der Waals surface area contributed by atoms with Gasteiger partial charge in [-0.2, -0.15) is 0 Å². The second-order valence-electron chi connectivity index (χ2n) is 5.62. The Labute approximate surface area is 114 Å². The highest BCUT2D eigenvalue weighted by Gasteiger charge is 2.34. The summed E-state index contributed by atoms with van der Waals surface area (Å²) < 4.78 is 5.87. The lowest BCUT2D eigenvalue weighted by molar-refractivity contribution is -0.0912. The zero-order valence-electron chi connectivity index (χ0n) is 11.2. The summed E-state index contributed by atoms with van der Waals surface area (Å²) in [7, 11) is 0. The van der Waals surface area contributed by atoms with Crippen molar-refractivity contribution in [3.63, 3.8) is 0 Å². The summed E-state index contributed by atoms with van der Waals surface area (Å²) in [5, 5.41) is 9.95. The summed E-state index contributed by atoms with van der Waals surface area (Å²) in [5.41, 5.74) is 7.44. The standard InChI is InChI=1S/C15H22N2O2/c16-12-5-6-14(18)11(9-12)10-17-7-8-19-15-4-2-1-3-13(15)17/h5-6,9,13,15,18H,1-4,7-8,10,16H2. The van der Waals surface area contributed by atoms with Gasteiger partial charge in [-0.05, 0) is 31.0 Å². The van der Waals surface area contributed by atoms with Gasteiger partial charge in [-0.3, -0.25) is 4.90 Å². The predicted molar refractivity (Wildman–Crippen MR) is 74.9 cm³/mol. The highest BCUT2D eigenvalue weighted by Crippen LogP contribution is 2.31. The van der Waals surface area contributed by atoms with E-state index in [1.54, 1.807) is 12.1 Å². The van der Waals surface area contributed by atoms with Gasteiger partial charge in [-0.25, -0.2) is 0 Å². The smallest absolute Gasteiger partial charge is 0.120 e. The van der Waals surface area contributed by atoms with Crippen molar-refractivity contribution in [1.82, 2.24) is 4.90 Å². The molecule has 0 aromatic heterocycles. The molecule has 2 fully saturated rings. The Morgan fingerprint density at radius 1 is 1.32 bits per heavy atom. The van der Waals surface area contributed by atoms with Crippen LogP contribution < -0.4 is 5.73 Å². The summed E-state index contributed by atoms with van der Waals surface area (Å²) in [6, 6.07) is 5.80. The monoisotopic (exact) mass is 262 g/mol. The third kappa shape index (κ3) is 2.69. The van der Waals surface area contributed by atoms with Crippen LogP contribution in [-0.2, 0) is 11.3 Å². The topological polar surface area (TPSA) is 58.7 Å². The number of anilines is 1. The van der Waals surface area contributed by atoms with Gasteiger partial charge in [0.15, 0.2) is 0 Å². The number of nitrogens with zero attached hydrogens (tertiary/aromatic N) is 1. The van der Waals surface area contributed by atoms with Crippen molar-refractivity contribution in [2.24, 2.45) is 0 Å². The lowest BCUT2D eigenvalue weighted by Crippen LogP contribution is -2.52. The van der Waals surface area contributed by atoms with Crippen LogP contribution in [0, 0.1) is 0 Å². The van der Waals surface area contributed by atoms with Crippen molar-refractivity contribution in [3.8, 4) is 5.75 Å². The minimum absolute atomic E-state index is 0.341. The summed E-state index contributed by atoms with van der Waals surface area (Å²) in [4.78, 5) is 2.45. The summed E-state index contributed by atoms with van der Waals surface area (Å²) in [5.74, 6) is 0.341. The van der Waals surface area contributed by atoms with Gasteiger partial charge in [0.05, 0.1) is 12.7 Å². The van der Waals surface area contributed by atoms with E-state index in [1.807, 2.05) is 6.07 Å². The Kier molecular flexibility index (Phi) is 3.62. The number of nitrogens with two attached hydrogens (primary N) is 1. The number of ether oxygens (including phenoxy) is 1. The Hall–Kier alpha value is -1.26. The first kappa shape index (κ1) is 12.8. The predicted octanol–water partition coefficient (Wildman–Crippen LogP) is 2.12. The van der Waals surface area contributed by atoms with Crippen LogP contribution in [0.25, 0.3) is 0 Å². The number of hydrogen-bond donors (Lipinski definition) is 2. The first-order valence-corrected chi connectivity index (χ1v) is 7.17. The third-order valence-corrected chi connectivity index (χ3v) is 4.32. The molecule has 0 bridgehead atoms. The van der Waals surface area contributed by atoms with E-state index >= 15 is 0 Å². The normalized spacial score (nSPS) is 28.0. The van der Waals surface area contributed by atoms with Crippen LogP contribution >= 0.6 is 0 Å². The van der Waals surface area contributed by atoms with Crippen molar-refractivity contribution in [3.05, 3.63) is 23.8 Å². The Bertz CT molecular complexity index is 448. The fourth-order valence-electron chi connectivity index (χ4n) is 3.32. The highest BCUT2D eigenvalue weighted by atomic mass is 16.5. The highest BCUT2D eigenvalue weighted by molar-refractivity contribution is 5.47. The number of hydrogen-bond acceptors (Lipinski definition) is 4. The fourth-order valence-corrected chi connectivity index (χ4v) is 3.32. The molecule has 1 saturated heterocycles. The molecule has 0 spiro atoms. The number of benzene rings is 1. The van der Waals surface area contributed by atoms with E-state index in [9.17, 15) is 5.11 Å². The molecule has 2 atom stereocenters. The van der Waals surface area contributed by atoms with E-state index in [-0.39, 0.29) is 0 Å². The number of morpholine rings is 1. The number of phenolic OH excluding ortho intramolecular Hbond substituents is 1. The Balaban J connectivity index is 1.75. The molecule has 1 aliphatic carbocycles. The molecule has 4 nitrogen and oxygen atoms in total. The number of phenols is 1. The molecule has 2 aliphatic rings. The molecule has 3 N–H and O–H groups in total. The van der Waals surface area contributed by atoms with E-state index in [4.69, 9.17) is 10.5 Å². The van der Waals surface area contributed by atoms with Crippen molar-refractivity contribution >= 4 is 5.69 Å². The van der Waals surface area contributed by atoms with Crippen LogP contribution in [0.2, 0.25) is 0 Å². The maximum absolute atomic E-state index is 9.95. The second kappa shape index (κ2) is 5.39. The SMILES string of the molecule is Nc1ccc(O)c(CN2CCOC3CCCCC32)c1. The zero-order chi connectivity index (χ0) is 13.2. The van der Waals surface area contributed by atoms with Gasteiger partial charge in [0.2, 0.25) is 0 Å². The van der Waals surface area contributed by atoms with Crippen LogP contribution in [0.1, 0.15) is 31.2 Å². The summed E-state index contributed by atoms with van der Waals surface area (Å²) in [6.45, 7) is 2.50. The minimum Gasteiger partial charge on any atom is -0.508 e. The van der Waals surface area contributed by atoms with Gasteiger partial charge in [-0.1, -0.05) is 12.8 Å². The zero-order valence-corrected chi connectivity index (χ0v) is 11.2. The molecule has 1 aromatic carbocycles. The largest absolute Gasteiger partial charge is 0.508 e. The van der Waals surface area contributed by atoms with Crippen molar-refractivity contribution in [2.75, 3.05) is 18.9 Å². The molecule has 1 heterocycles. The Morgan fingerprint density at radius 3 is 3.05 bits per heavy atom. The molecule has 2 unspecified atom stereocenters. The van der Waals surface area contributed by atoms with Crippen LogP contribution in [0.15, 0.2) is 18.2 Å². The molecule has 104 valence electrons. The van der Waals surface area contributed by atoms with Gasteiger partial charge in [0, 0.05) is 30.4 Å². The molecule has 0 radical (unpaired) electrons. The number of nitrogen functional groups attached to an aromatic ring is 1. The minimum atomic E-state index is 0.341. The van der Waals surface area contributed by atoms with Crippen molar-refractivity contribution < 1.29 is 9.84 Å². The summed E-state index contributed by atoms with van der Waals surface area (Å²) >= 11 is 0. The van der Waals surface area contributed by atoms with Gasteiger partial charge >= 0.3 is 0 Å².